The molecule has 0 fully saturated rings. The molecule has 0 aliphatic heterocycles. The van der Waals surface area contributed by atoms with Gasteiger partial charge in [-0.2, -0.15) is 12.6 Å². The number of thiol groups is 1. The molecule has 0 aliphatic carbocycles. The van der Waals surface area contributed by atoms with Crippen LogP contribution < -0.4 is 0 Å². The third-order valence-electron chi connectivity index (χ3n) is 2.17. The lowest BCUT2D eigenvalue weighted by Crippen LogP contribution is -1.91. The number of furan rings is 1. The van der Waals surface area contributed by atoms with Crippen LogP contribution in [0.15, 0.2) is 34.8 Å². The summed E-state index contributed by atoms with van der Waals surface area (Å²) in [6.45, 7) is 0. The summed E-state index contributed by atoms with van der Waals surface area (Å²) in [6.07, 6.45) is 3.85. The highest BCUT2D eigenvalue weighted by atomic mass is 32.1. The zero-order chi connectivity index (χ0) is 11.5. The largest absolute Gasteiger partial charge is 0.475 e. The van der Waals surface area contributed by atoms with Gasteiger partial charge < -0.3 is 9.52 Å². The highest BCUT2D eigenvalue weighted by Gasteiger charge is 2.09. The fourth-order valence-corrected chi connectivity index (χ4v) is 1.57. The van der Waals surface area contributed by atoms with Crippen molar-refractivity contribution in [2.24, 2.45) is 0 Å². The van der Waals surface area contributed by atoms with Crippen LogP contribution >= 0.6 is 12.6 Å². The van der Waals surface area contributed by atoms with E-state index in [2.05, 4.69) is 12.6 Å². The van der Waals surface area contributed by atoms with Crippen LogP contribution in [0, 0.1) is 0 Å². The summed E-state index contributed by atoms with van der Waals surface area (Å²) in [7, 11) is 0. The number of rotatable bonds is 3. The number of aromatic carboxylic acids is 1. The third kappa shape index (κ3) is 2.12. The third-order valence-corrected chi connectivity index (χ3v) is 2.38. The van der Waals surface area contributed by atoms with Gasteiger partial charge in [0.15, 0.2) is 0 Å². The molecule has 1 aromatic carbocycles. The molecule has 0 atom stereocenters. The fraction of sp³-hybridized carbons (Fsp3) is 0.0833. The summed E-state index contributed by atoms with van der Waals surface area (Å²) in [5, 5.41) is 9.57. The van der Waals surface area contributed by atoms with E-state index in [1.807, 2.05) is 24.3 Å². The Morgan fingerprint density at radius 2 is 2.25 bits per heavy atom. The first-order chi connectivity index (χ1) is 7.70. The van der Waals surface area contributed by atoms with E-state index in [1.54, 1.807) is 6.07 Å². The monoisotopic (exact) mass is 234 g/mol. The molecule has 2 aromatic rings. The first kappa shape index (κ1) is 10.8. The Labute approximate surface area is 97.8 Å². The Balaban J connectivity index is 2.45. The molecule has 0 aliphatic rings. The minimum absolute atomic E-state index is 0.0367. The molecule has 1 aromatic heterocycles. The van der Waals surface area contributed by atoms with Crippen molar-refractivity contribution in [3.05, 3.63) is 41.7 Å². The highest BCUT2D eigenvalue weighted by molar-refractivity contribution is 7.80. The van der Waals surface area contributed by atoms with E-state index in [0.717, 1.165) is 10.9 Å². The number of carboxylic acids is 1. The molecule has 16 heavy (non-hydrogen) atoms. The normalized spacial score (nSPS) is 11.3. The van der Waals surface area contributed by atoms with Crippen LogP contribution in [-0.2, 0) is 0 Å². The summed E-state index contributed by atoms with van der Waals surface area (Å²) in [6, 6.07) is 7.04. The van der Waals surface area contributed by atoms with Crippen LogP contribution in [-0.4, -0.2) is 16.8 Å². The van der Waals surface area contributed by atoms with E-state index in [9.17, 15) is 4.79 Å². The first-order valence-electron chi connectivity index (χ1n) is 4.75. The summed E-state index contributed by atoms with van der Waals surface area (Å²) >= 11 is 4.07. The van der Waals surface area contributed by atoms with Gasteiger partial charge in [-0.05, 0) is 23.8 Å². The zero-order valence-corrected chi connectivity index (χ0v) is 9.28. The minimum atomic E-state index is -1.05. The predicted molar refractivity (Wildman–Crippen MR) is 66.1 cm³/mol. The molecule has 2 rings (SSSR count). The van der Waals surface area contributed by atoms with Crippen LogP contribution in [0.2, 0.25) is 0 Å². The summed E-state index contributed by atoms with van der Waals surface area (Å²) in [5.41, 5.74) is 1.58. The maximum atomic E-state index is 10.7. The average molecular weight is 234 g/mol. The predicted octanol–water partition coefficient (Wildman–Crippen LogP) is 3.07. The molecule has 82 valence electrons. The van der Waals surface area contributed by atoms with Gasteiger partial charge in [0, 0.05) is 11.1 Å². The smallest absolute Gasteiger partial charge is 0.371 e. The summed E-state index contributed by atoms with van der Waals surface area (Å²) in [4.78, 5) is 10.7. The molecule has 4 heteroatoms. The van der Waals surface area contributed by atoms with Crippen molar-refractivity contribution in [1.29, 1.82) is 0 Å². The number of hydrogen-bond acceptors (Lipinski definition) is 3. The number of fused-ring (bicyclic) bond motifs is 1. The van der Waals surface area contributed by atoms with Gasteiger partial charge in [0.1, 0.15) is 5.58 Å². The van der Waals surface area contributed by atoms with E-state index < -0.39 is 5.97 Å². The summed E-state index contributed by atoms with van der Waals surface area (Å²) < 4.78 is 5.15. The lowest BCUT2D eigenvalue weighted by Gasteiger charge is -1.92. The van der Waals surface area contributed by atoms with Crippen LogP contribution in [0.25, 0.3) is 17.0 Å². The maximum Gasteiger partial charge on any atom is 0.371 e. The van der Waals surface area contributed by atoms with Crippen LogP contribution in [0.5, 0.6) is 0 Å². The van der Waals surface area contributed by atoms with Crippen molar-refractivity contribution in [2.75, 3.05) is 5.75 Å². The van der Waals surface area contributed by atoms with Gasteiger partial charge in [-0.25, -0.2) is 4.79 Å². The maximum absolute atomic E-state index is 10.7. The topological polar surface area (TPSA) is 50.4 Å². The highest BCUT2D eigenvalue weighted by Crippen LogP contribution is 2.21. The molecule has 3 nitrogen and oxygen atoms in total. The minimum Gasteiger partial charge on any atom is -0.475 e. The van der Waals surface area contributed by atoms with Gasteiger partial charge in [-0.15, -0.1) is 0 Å². The average Bonchev–Trinajstić information content (AvgIpc) is 2.69. The van der Waals surface area contributed by atoms with Gasteiger partial charge in [-0.3, -0.25) is 0 Å². The van der Waals surface area contributed by atoms with Crippen molar-refractivity contribution in [3.63, 3.8) is 0 Å². The van der Waals surface area contributed by atoms with Gasteiger partial charge in [-0.1, -0.05) is 18.2 Å². The zero-order valence-electron chi connectivity index (χ0n) is 8.38. The second-order valence-electron chi connectivity index (χ2n) is 3.30. The van der Waals surface area contributed by atoms with E-state index in [-0.39, 0.29) is 5.76 Å². The van der Waals surface area contributed by atoms with Crippen molar-refractivity contribution >= 4 is 35.6 Å². The van der Waals surface area contributed by atoms with Crippen LogP contribution in [0.4, 0.5) is 0 Å². The van der Waals surface area contributed by atoms with Gasteiger partial charge in [0.2, 0.25) is 5.76 Å². The molecule has 0 unspecified atom stereocenters. The molecule has 0 saturated heterocycles. The Kier molecular flexibility index (Phi) is 3.01. The van der Waals surface area contributed by atoms with Crippen molar-refractivity contribution in [3.8, 4) is 0 Å². The first-order valence-corrected chi connectivity index (χ1v) is 5.38. The second-order valence-corrected chi connectivity index (χ2v) is 3.66. The quantitative estimate of drug-likeness (QED) is 0.802. The van der Waals surface area contributed by atoms with Crippen molar-refractivity contribution in [1.82, 2.24) is 0 Å². The van der Waals surface area contributed by atoms with E-state index in [4.69, 9.17) is 9.52 Å². The molecule has 0 bridgehead atoms. The van der Waals surface area contributed by atoms with E-state index >= 15 is 0 Å². The molecule has 0 amide bonds. The molecule has 0 radical (unpaired) electrons. The molecular weight excluding hydrogens is 224 g/mol. The lowest BCUT2D eigenvalue weighted by atomic mass is 10.1. The Hall–Kier alpha value is -1.68. The van der Waals surface area contributed by atoms with Gasteiger partial charge in [0.25, 0.3) is 0 Å². The number of carboxylic acid groups (broad SMARTS) is 1. The van der Waals surface area contributed by atoms with Crippen molar-refractivity contribution in [2.45, 2.75) is 0 Å². The Morgan fingerprint density at radius 1 is 1.44 bits per heavy atom. The van der Waals surface area contributed by atoms with Crippen molar-refractivity contribution < 1.29 is 14.3 Å². The number of hydrogen-bond donors (Lipinski definition) is 2. The number of benzene rings is 1. The molecule has 1 N–H and O–H groups in total. The fourth-order valence-electron chi connectivity index (χ4n) is 1.46. The lowest BCUT2D eigenvalue weighted by molar-refractivity contribution is 0.0665. The van der Waals surface area contributed by atoms with Gasteiger partial charge >= 0.3 is 5.97 Å². The van der Waals surface area contributed by atoms with Crippen LogP contribution in [0.1, 0.15) is 16.1 Å². The molecule has 0 saturated carbocycles. The van der Waals surface area contributed by atoms with E-state index in [0.29, 0.717) is 11.3 Å². The molecule has 0 spiro atoms. The second kappa shape index (κ2) is 4.45. The Morgan fingerprint density at radius 3 is 2.94 bits per heavy atom. The van der Waals surface area contributed by atoms with Gasteiger partial charge in [0.05, 0.1) is 0 Å². The van der Waals surface area contributed by atoms with Crippen LogP contribution in [0.3, 0.4) is 0 Å². The standard InChI is InChI=1S/C12H10O3S/c13-12(14)11-7-9-6-8(2-1-5-16)3-4-10(9)15-11/h1-4,6-7,16H,5H2,(H,13,14). The number of carbonyl (C=O) groups is 1. The SMILES string of the molecule is O=C(O)c1cc2cc(C=CCS)ccc2o1. The molecule has 1 heterocycles. The Bertz CT molecular complexity index is 554. The van der Waals surface area contributed by atoms with E-state index in [1.165, 1.54) is 6.07 Å². The summed E-state index contributed by atoms with van der Waals surface area (Å²) in [5.74, 6) is -0.418. The molecular formula is C12H10O3S.